The molecule has 27 heavy (non-hydrogen) atoms. The molecule has 2 aromatic rings. The number of para-hydroxylation sites is 1. The van der Waals surface area contributed by atoms with E-state index < -0.39 is 0 Å². The van der Waals surface area contributed by atoms with Crippen LogP contribution in [-0.4, -0.2) is 48.4 Å². The first-order chi connectivity index (χ1) is 12.9. The lowest BCUT2D eigenvalue weighted by Gasteiger charge is -2.34. The standard InChI is InChI=1S/C23H31N3O/c1-23(2,3)20-11-7-8-12-21(20)24-22(27)18-26-15-13-25(14-16-26)17-19-9-5-4-6-10-19/h4-12H,13-18H2,1-3H3,(H,24,27). The summed E-state index contributed by atoms with van der Waals surface area (Å²) >= 11 is 0. The Kier molecular flexibility index (Phi) is 6.30. The lowest BCUT2D eigenvalue weighted by Crippen LogP contribution is -2.48. The zero-order chi connectivity index (χ0) is 19.3. The summed E-state index contributed by atoms with van der Waals surface area (Å²) < 4.78 is 0. The van der Waals surface area contributed by atoms with Gasteiger partial charge in [0.15, 0.2) is 0 Å². The van der Waals surface area contributed by atoms with Gasteiger partial charge in [-0.3, -0.25) is 14.6 Å². The molecule has 1 N–H and O–H groups in total. The second kappa shape index (κ2) is 8.68. The number of hydrogen-bond donors (Lipinski definition) is 1. The molecule has 4 nitrogen and oxygen atoms in total. The van der Waals surface area contributed by atoms with E-state index in [9.17, 15) is 4.79 Å². The summed E-state index contributed by atoms with van der Waals surface area (Å²) in [6.45, 7) is 11.8. The van der Waals surface area contributed by atoms with Gasteiger partial charge in [-0.15, -0.1) is 0 Å². The van der Waals surface area contributed by atoms with Gasteiger partial charge >= 0.3 is 0 Å². The van der Waals surface area contributed by atoms with Gasteiger partial charge in [0.2, 0.25) is 5.91 Å². The van der Waals surface area contributed by atoms with Crippen LogP contribution in [0.5, 0.6) is 0 Å². The summed E-state index contributed by atoms with van der Waals surface area (Å²) in [5.74, 6) is 0.0724. The van der Waals surface area contributed by atoms with Crippen molar-refractivity contribution in [2.75, 3.05) is 38.0 Å². The number of anilines is 1. The average molecular weight is 366 g/mol. The number of amides is 1. The SMILES string of the molecule is CC(C)(C)c1ccccc1NC(=O)CN1CCN(Cc2ccccc2)CC1. The van der Waals surface area contributed by atoms with E-state index in [1.807, 2.05) is 18.2 Å². The van der Waals surface area contributed by atoms with E-state index >= 15 is 0 Å². The minimum absolute atomic E-state index is 0.00688. The van der Waals surface area contributed by atoms with E-state index in [4.69, 9.17) is 0 Å². The van der Waals surface area contributed by atoms with Crippen LogP contribution < -0.4 is 5.32 Å². The maximum Gasteiger partial charge on any atom is 0.238 e. The van der Waals surface area contributed by atoms with Gasteiger partial charge in [-0.05, 0) is 22.6 Å². The van der Waals surface area contributed by atoms with Crippen LogP contribution in [0.2, 0.25) is 0 Å². The van der Waals surface area contributed by atoms with Crippen molar-refractivity contribution in [2.45, 2.75) is 32.7 Å². The molecule has 0 unspecified atom stereocenters. The monoisotopic (exact) mass is 365 g/mol. The lowest BCUT2D eigenvalue weighted by atomic mass is 9.86. The minimum Gasteiger partial charge on any atom is -0.325 e. The molecule has 1 aliphatic rings. The van der Waals surface area contributed by atoms with Crippen molar-refractivity contribution < 1.29 is 4.79 Å². The molecule has 3 rings (SSSR count). The summed E-state index contributed by atoms with van der Waals surface area (Å²) in [5.41, 5.74) is 3.46. The molecule has 0 radical (unpaired) electrons. The number of nitrogens with one attached hydrogen (secondary N) is 1. The number of hydrogen-bond acceptors (Lipinski definition) is 3. The van der Waals surface area contributed by atoms with Crippen LogP contribution in [0.3, 0.4) is 0 Å². The van der Waals surface area contributed by atoms with Crippen molar-refractivity contribution in [3.05, 3.63) is 65.7 Å². The summed E-state index contributed by atoms with van der Waals surface area (Å²) in [6, 6.07) is 18.7. The summed E-state index contributed by atoms with van der Waals surface area (Å²) in [6.07, 6.45) is 0. The van der Waals surface area contributed by atoms with E-state index in [1.165, 1.54) is 11.1 Å². The molecule has 0 spiro atoms. The Labute approximate surface area is 163 Å². The van der Waals surface area contributed by atoms with Crippen molar-refractivity contribution >= 4 is 11.6 Å². The Hall–Kier alpha value is -2.17. The van der Waals surface area contributed by atoms with Crippen LogP contribution in [-0.2, 0) is 16.8 Å². The van der Waals surface area contributed by atoms with Crippen LogP contribution in [0.15, 0.2) is 54.6 Å². The van der Waals surface area contributed by atoms with E-state index in [2.05, 4.69) is 72.3 Å². The Morgan fingerprint density at radius 1 is 0.889 bits per heavy atom. The molecule has 1 saturated heterocycles. The van der Waals surface area contributed by atoms with Gasteiger partial charge in [-0.2, -0.15) is 0 Å². The molecule has 1 fully saturated rings. The van der Waals surface area contributed by atoms with Crippen molar-refractivity contribution in [1.29, 1.82) is 0 Å². The molecule has 0 atom stereocenters. The largest absolute Gasteiger partial charge is 0.325 e. The van der Waals surface area contributed by atoms with Crippen molar-refractivity contribution in [1.82, 2.24) is 9.80 Å². The number of piperazine rings is 1. The van der Waals surface area contributed by atoms with Crippen LogP contribution in [0.1, 0.15) is 31.9 Å². The molecule has 1 aliphatic heterocycles. The van der Waals surface area contributed by atoms with Crippen LogP contribution in [0.25, 0.3) is 0 Å². The smallest absolute Gasteiger partial charge is 0.238 e. The van der Waals surface area contributed by atoms with Crippen LogP contribution in [0.4, 0.5) is 5.69 Å². The van der Waals surface area contributed by atoms with Gasteiger partial charge in [0, 0.05) is 38.4 Å². The topological polar surface area (TPSA) is 35.6 Å². The third kappa shape index (κ3) is 5.65. The van der Waals surface area contributed by atoms with Gasteiger partial charge < -0.3 is 5.32 Å². The molecule has 4 heteroatoms. The maximum atomic E-state index is 12.6. The van der Waals surface area contributed by atoms with Crippen molar-refractivity contribution in [3.63, 3.8) is 0 Å². The van der Waals surface area contributed by atoms with Crippen molar-refractivity contribution in [3.8, 4) is 0 Å². The van der Waals surface area contributed by atoms with E-state index in [0.29, 0.717) is 6.54 Å². The first-order valence-electron chi connectivity index (χ1n) is 9.80. The Morgan fingerprint density at radius 2 is 1.48 bits per heavy atom. The highest BCUT2D eigenvalue weighted by atomic mass is 16.2. The average Bonchev–Trinajstić information content (AvgIpc) is 2.64. The molecular formula is C23H31N3O. The molecule has 0 saturated carbocycles. The normalized spacial score (nSPS) is 16.3. The van der Waals surface area contributed by atoms with Gasteiger partial charge in [-0.25, -0.2) is 0 Å². The highest BCUT2D eigenvalue weighted by Gasteiger charge is 2.21. The number of rotatable bonds is 5. The third-order valence-corrected chi connectivity index (χ3v) is 5.09. The predicted molar refractivity (Wildman–Crippen MR) is 112 cm³/mol. The summed E-state index contributed by atoms with van der Waals surface area (Å²) in [7, 11) is 0. The fourth-order valence-electron chi connectivity index (χ4n) is 3.59. The molecule has 0 bridgehead atoms. The molecule has 0 aromatic heterocycles. The zero-order valence-corrected chi connectivity index (χ0v) is 16.7. The first kappa shape index (κ1) is 19.6. The van der Waals surface area contributed by atoms with Gasteiger partial charge in [-0.1, -0.05) is 69.3 Å². The maximum absolute atomic E-state index is 12.6. The quantitative estimate of drug-likeness (QED) is 0.877. The predicted octanol–water partition coefficient (Wildman–Crippen LogP) is 3.74. The van der Waals surface area contributed by atoms with Crippen LogP contribution >= 0.6 is 0 Å². The number of benzene rings is 2. The zero-order valence-electron chi connectivity index (χ0n) is 16.7. The van der Waals surface area contributed by atoms with Crippen LogP contribution in [0, 0.1) is 0 Å². The van der Waals surface area contributed by atoms with Gasteiger partial charge in [0.25, 0.3) is 0 Å². The number of carbonyl (C=O) groups excluding carboxylic acids is 1. The highest BCUT2D eigenvalue weighted by molar-refractivity contribution is 5.93. The van der Waals surface area contributed by atoms with E-state index in [1.54, 1.807) is 0 Å². The Morgan fingerprint density at radius 3 is 2.15 bits per heavy atom. The van der Waals surface area contributed by atoms with E-state index in [-0.39, 0.29) is 11.3 Å². The molecule has 0 aliphatic carbocycles. The molecular weight excluding hydrogens is 334 g/mol. The molecule has 144 valence electrons. The summed E-state index contributed by atoms with van der Waals surface area (Å²) in [5, 5.41) is 3.12. The van der Waals surface area contributed by atoms with Crippen molar-refractivity contribution in [2.24, 2.45) is 0 Å². The highest BCUT2D eigenvalue weighted by Crippen LogP contribution is 2.29. The molecule has 2 aromatic carbocycles. The third-order valence-electron chi connectivity index (χ3n) is 5.09. The fraction of sp³-hybridized carbons (Fsp3) is 0.435. The molecule has 1 amide bonds. The minimum atomic E-state index is 0.00688. The number of carbonyl (C=O) groups is 1. The Bertz CT molecular complexity index is 744. The fourth-order valence-corrected chi connectivity index (χ4v) is 3.59. The Balaban J connectivity index is 1.49. The van der Waals surface area contributed by atoms with E-state index in [0.717, 1.165) is 38.4 Å². The number of nitrogens with zero attached hydrogens (tertiary/aromatic N) is 2. The second-order valence-corrected chi connectivity index (χ2v) is 8.38. The first-order valence-corrected chi connectivity index (χ1v) is 9.80. The van der Waals surface area contributed by atoms with Gasteiger partial charge in [0.1, 0.15) is 0 Å². The second-order valence-electron chi connectivity index (χ2n) is 8.38. The van der Waals surface area contributed by atoms with Gasteiger partial charge in [0.05, 0.1) is 6.54 Å². The lowest BCUT2D eigenvalue weighted by molar-refractivity contribution is -0.117. The summed E-state index contributed by atoms with van der Waals surface area (Å²) in [4.78, 5) is 17.3. The molecule has 1 heterocycles.